The summed E-state index contributed by atoms with van der Waals surface area (Å²) in [6.45, 7) is 15.6. The van der Waals surface area contributed by atoms with Gasteiger partial charge in [0.25, 0.3) is 23.6 Å². The minimum atomic E-state index is -2.61. The van der Waals surface area contributed by atoms with Crippen molar-refractivity contribution >= 4 is 139 Å². The fraction of sp³-hybridized carbons (Fsp3) is 0.222. The first-order chi connectivity index (χ1) is 44.9. The van der Waals surface area contributed by atoms with Gasteiger partial charge in [0.2, 0.25) is 41.2 Å². The third kappa shape index (κ3) is 10.5. The third-order valence-corrected chi connectivity index (χ3v) is 20.5. The van der Waals surface area contributed by atoms with Crippen LogP contribution in [0.3, 0.4) is 0 Å². The van der Waals surface area contributed by atoms with Crippen molar-refractivity contribution in [1.82, 2.24) is 0 Å². The molecule has 2 heterocycles. The summed E-state index contributed by atoms with van der Waals surface area (Å²) in [5.74, 6) is -3.58. The van der Waals surface area contributed by atoms with Crippen LogP contribution in [0.5, 0.6) is 23.0 Å². The van der Waals surface area contributed by atoms with E-state index in [2.05, 4.69) is 0 Å². The van der Waals surface area contributed by atoms with Gasteiger partial charge in [-0.05, 0) is 143 Å². The summed E-state index contributed by atoms with van der Waals surface area (Å²) in [6.07, 6.45) is 17.0. The molecule has 0 aromatic heterocycles. The van der Waals surface area contributed by atoms with Crippen LogP contribution in [0.25, 0.3) is 43.1 Å². The molecular formula is C72H58N2O16S4. The molecule has 18 nitrogen and oxygen atoms in total. The van der Waals surface area contributed by atoms with Crippen molar-refractivity contribution < 1.29 is 71.8 Å². The third-order valence-electron chi connectivity index (χ3n) is 17.6. The van der Waals surface area contributed by atoms with Crippen molar-refractivity contribution in [2.75, 3.05) is 9.80 Å². The average Bonchev–Trinajstić information content (AvgIpc) is 0.673. The number of imide groups is 2. The Morgan fingerprint density at radius 2 is 0.543 bits per heavy atom. The van der Waals surface area contributed by atoms with Gasteiger partial charge in [0, 0.05) is 68.8 Å². The predicted molar refractivity (Wildman–Crippen MR) is 365 cm³/mol. The van der Waals surface area contributed by atoms with Crippen LogP contribution >= 0.6 is 0 Å². The predicted octanol–water partition coefficient (Wildman–Crippen LogP) is 12.9. The zero-order chi connectivity index (χ0) is 66.6. The van der Waals surface area contributed by atoms with Gasteiger partial charge in [-0.25, -0.2) is 9.80 Å². The first kappa shape index (κ1) is 62.8. The van der Waals surface area contributed by atoms with Gasteiger partial charge in [-0.2, -0.15) is 33.7 Å². The van der Waals surface area contributed by atoms with Gasteiger partial charge in [-0.1, -0.05) is 91.8 Å². The molecule has 7 aromatic carbocycles. The lowest BCUT2D eigenvalue weighted by molar-refractivity contribution is 0.0876. The number of hydrogen-bond donors (Lipinski definition) is 0. The number of para-hydroxylation sites is 2. The summed E-state index contributed by atoms with van der Waals surface area (Å²) in [6, 6.07) is 17.2. The van der Waals surface area contributed by atoms with E-state index in [4.69, 9.17) is 18.9 Å². The van der Waals surface area contributed by atoms with Crippen LogP contribution < -0.4 is 28.7 Å². The molecule has 0 radical (unpaired) electrons. The minimum Gasteiger partial charge on any atom is -0.457 e. The highest BCUT2D eigenvalue weighted by atomic mass is 32.2. The largest absolute Gasteiger partial charge is 0.457 e. The molecule has 0 unspecified atom stereocenters. The van der Waals surface area contributed by atoms with Crippen molar-refractivity contribution in [3.05, 3.63) is 201 Å². The number of carbonyl (C=O) groups excluding carboxylic acids is 4. The molecule has 0 saturated heterocycles. The fourth-order valence-electron chi connectivity index (χ4n) is 13.1. The highest BCUT2D eigenvalue weighted by Crippen LogP contribution is 2.58. The molecular weight excluding hydrogens is 1280 g/mol. The van der Waals surface area contributed by atoms with Gasteiger partial charge in [0.1, 0.15) is 46.0 Å². The number of ether oxygens (including phenoxy) is 4. The Morgan fingerprint density at radius 1 is 0.319 bits per heavy atom. The molecule has 22 heteroatoms. The van der Waals surface area contributed by atoms with Crippen LogP contribution in [0, 0.1) is 0 Å². The number of fused-ring (bicyclic) bond motifs is 2. The second kappa shape index (κ2) is 24.2. The fourth-order valence-corrected chi connectivity index (χ4v) is 14.7. The van der Waals surface area contributed by atoms with Crippen molar-refractivity contribution in [3.8, 4) is 23.0 Å². The summed E-state index contributed by atoms with van der Waals surface area (Å²) in [5.41, 5.74) is 3.37. The van der Waals surface area contributed by atoms with Crippen LogP contribution in [0.1, 0.15) is 168 Å². The summed E-state index contributed by atoms with van der Waals surface area (Å²) in [7, 11) is -10.4. The average molecular weight is 1340 g/mol. The van der Waals surface area contributed by atoms with Crippen LogP contribution in [-0.2, 0) is 41.2 Å². The number of benzene rings is 7. The summed E-state index contributed by atoms with van der Waals surface area (Å²) >= 11 is 0. The molecule has 0 spiro atoms. The normalized spacial score (nSPS) is 16.3. The van der Waals surface area contributed by atoms with Gasteiger partial charge in [-0.15, -0.1) is 0 Å². The zero-order valence-electron chi connectivity index (χ0n) is 51.9. The number of rotatable bonds is 14. The highest BCUT2D eigenvalue weighted by molar-refractivity contribution is 7.74. The number of amides is 4. The van der Waals surface area contributed by atoms with E-state index in [1.54, 1.807) is 0 Å². The molecule has 6 aliphatic rings. The van der Waals surface area contributed by atoms with Crippen molar-refractivity contribution in [1.29, 1.82) is 0 Å². The first-order valence-electron chi connectivity index (χ1n) is 30.4. The van der Waals surface area contributed by atoms with E-state index in [0.29, 0.717) is 33.6 Å². The molecule has 0 N–H and O–H groups in total. The van der Waals surface area contributed by atoms with E-state index in [1.807, 2.05) is 91.8 Å². The molecule has 476 valence electrons. The molecule has 94 heavy (non-hydrogen) atoms. The van der Waals surface area contributed by atoms with E-state index >= 15 is 19.2 Å². The lowest BCUT2D eigenvalue weighted by atomic mass is 9.80. The maximum absolute atomic E-state index is 16.3. The van der Waals surface area contributed by atoms with E-state index in [9.17, 15) is 33.7 Å². The van der Waals surface area contributed by atoms with Gasteiger partial charge < -0.3 is 18.9 Å². The SMILES string of the molecule is CC(C)c1cccc(C(C)C)c1N1C(=O)c2cc(OC3=CCC(=S(=O)=O)C=C3)c3c4c(OC5=CCC(=S(=O)=O)C=C5)cc5c6c(cc(OC7=CCC(=S(=O)=O)C=C7)c(c7c(OC8=CCC(=S(=O)=O)C=C8)cc(c2c37)C1=O)c64)C(=O)N(c1c(C(C)C)cccc1C(C)C)C5=O. The van der Waals surface area contributed by atoms with Crippen LogP contribution in [0.4, 0.5) is 11.4 Å². The van der Waals surface area contributed by atoms with Crippen molar-refractivity contribution in [3.63, 3.8) is 0 Å². The van der Waals surface area contributed by atoms with E-state index < -0.39 is 64.8 Å². The smallest absolute Gasteiger partial charge is 0.266 e. The second-order valence-corrected chi connectivity index (χ2v) is 28.5. The number of allylic oxidation sites excluding steroid dienone is 12. The van der Waals surface area contributed by atoms with Crippen LogP contribution in [-0.4, -0.2) is 76.8 Å². The number of hydrogen-bond acceptors (Lipinski definition) is 16. The van der Waals surface area contributed by atoms with Crippen molar-refractivity contribution in [2.24, 2.45) is 0 Å². The Labute approximate surface area is 545 Å². The number of carbonyl (C=O) groups is 4. The minimum absolute atomic E-state index is 0.0328. The molecule has 2 aliphatic heterocycles. The zero-order valence-corrected chi connectivity index (χ0v) is 55.2. The van der Waals surface area contributed by atoms with Gasteiger partial charge in [-0.3, -0.25) is 19.2 Å². The molecule has 0 fully saturated rings. The highest BCUT2D eigenvalue weighted by Gasteiger charge is 2.44. The Hall–Kier alpha value is -10.0. The molecule has 0 saturated carbocycles. The summed E-state index contributed by atoms with van der Waals surface area (Å²) in [4.78, 5) is 67.6. The quantitative estimate of drug-likeness (QED) is 0.0425. The maximum atomic E-state index is 16.3. The van der Waals surface area contributed by atoms with Crippen LogP contribution in [0.15, 0.2) is 157 Å². The molecule has 13 rings (SSSR count). The Morgan fingerprint density at radius 3 is 0.723 bits per heavy atom. The topological polar surface area (TPSA) is 248 Å². The Bertz CT molecular complexity index is 4910. The lowest BCUT2D eigenvalue weighted by Gasteiger charge is -2.35. The van der Waals surface area contributed by atoms with Crippen LogP contribution in [0.2, 0.25) is 0 Å². The molecule has 4 amide bonds. The number of anilines is 2. The summed E-state index contributed by atoms with van der Waals surface area (Å²) < 4.78 is 127. The molecule has 4 aliphatic carbocycles. The van der Waals surface area contributed by atoms with Crippen molar-refractivity contribution in [2.45, 2.75) is 105 Å². The Kier molecular flexibility index (Phi) is 16.1. The van der Waals surface area contributed by atoms with Gasteiger partial charge in [0.15, 0.2) is 0 Å². The van der Waals surface area contributed by atoms with E-state index in [0.717, 1.165) is 9.80 Å². The van der Waals surface area contributed by atoms with E-state index in [1.165, 1.54) is 97.2 Å². The van der Waals surface area contributed by atoms with E-state index in [-0.39, 0.29) is 180 Å². The second-order valence-electron chi connectivity index (χ2n) is 24.6. The molecule has 7 aromatic rings. The lowest BCUT2D eigenvalue weighted by Crippen LogP contribution is -2.42. The number of nitrogens with zero attached hydrogens (tertiary/aromatic N) is 2. The first-order valence-corrected chi connectivity index (χ1v) is 34.7. The Balaban J connectivity index is 1.26. The molecule has 0 atom stereocenters. The van der Waals surface area contributed by atoms with Gasteiger partial charge in [0.05, 0.1) is 53.1 Å². The maximum Gasteiger partial charge on any atom is 0.266 e. The standard InChI is InChI=1S/C72H58N2O16S4/c1-35(2)47-11-9-12-48(36(3)4)67(47)73-69(75)51-31-55(87-39-15-23-43(24-16-39)91(79)80)61-63-57(89-41-19-27-45(28-20-41)93(83)84)33-53-60-54(72(78)74(71(53)77)68-49(37(5)6)13-10-14-50(68)38(7)8)34-58(90-42-21-29-46(30-22-42)94(85)86)64(66(60)63)62-56(32-52(70(73)76)59(51)65(61)62)88-40-17-25-44(26-18-40)92(81)82/h9-23,25,27,29,31-38H,24,26,28,30H2,1-8H3. The van der Waals surface area contributed by atoms with Gasteiger partial charge >= 0.3 is 0 Å². The molecule has 0 bridgehead atoms. The summed E-state index contributed by atoms with van der Waals surface area (Å²) in [5, 5.41) is 0.951. The monoisotopic (exact) mass is 1330 g/mol.